The molecule has 5 rings (SSSR count). The van der Waals surface area contributed by atoms with Crippen LogP contribution in [0.5, 0.6) is 0 Å². The van der Waals surface area contributed by atoms with Gasteiger partial charge in [0, 0.05) is 31.5 Å². The number of urea groups is 1. The molecule has 3 amide bonds. The molecule has 1 aromatic carbocycles. The summed E-state index contributed by atoms with van der Waals surface area (Å²) in [4.78, 5) is 32.3. The quantitative estimate of drug-likeness (QED) is 0.610. The van der Waals surface area contributed by atoms with Crippen LogP contribution in [-0.4, -0.2) is 64.1 Å². The molecule has 2 aliphatic heterocycles. The molecule has 1 aromatic heterocycles. The highest BCUT2D eigenvalue weighted by atomic mass is 19.4. The van der Waals surface area contributed by atoms with E-state index in [2.05, 4.69) is 15.2 Å². The number of alkyl halides is 3. The second-order valence-electron chi connectivity index (χ2n) is 10.3. The molecule has 3 aliphatic rings. The largest absolute Gasteiger partial charge is 0.417 e. The molecule has 0 radical (unpaired) electrons. The molecular weight excluding hydrogens is 487 g/mol. The Kier molecular flexibility index (Phi) is 6.61. The number of morpholine rings is 1. The zero-order valence-electron chi connectivity index (χ0n) is 20.4. The number of nitrogens with one attached hydrogen (secondary N) is 1. The average Bonchev–Trinajstić information content (AvgIpc) is 3.61. The van der Waals surface area contributed by atoms with Gasteiger partial charge in [-0.2, -0.15) is 13.2 Å². The second-order valence-corrected chi connectivity index (χ2v) is 10.3. The van der Waals surface area contributed by atoms with Crippen LogP contribution < -0.4 is 11.1 Å². The van der Waals surface area contributed by atoms with E-state index in [4.69, 9.17) is 10.5 Å². The first kappa shape index (κ1) is 25.5. The standard InChI is InChI=1S/C26H30F3N5O3/c27-26(28,29)19-4-5-21(31-15-19)16-34-17-24(37-25(7-8-25)22(34)35)9-12-33(13-10-24)11-6-18-2-1-3-20(14-18)32-23(30)36/h1-5,14-15H,6-13,16-17H2,(H3,30,32,36). The number of hydrogen-bond acceptors (Lipinski definition) is 5. The Morgan fingerprint density at radius 3 is 2.51 bits per heavy atom. The fourth-order valence-corrected chi connectivity index (χ4v) is 5.31. The number of pyridine rings is 1. The number of nitrogens with two attached hydrogens (primary N) is 1. The highest BCUT2D eigenvalue weighted by Crippen LogP contribution is 2.50. The normalized spacial score (nSPS) is 20.8. The molecule has 2 spiro atoms. The van der Waals surface area contributed by atoms with Gasteiger partial charge in [-0.3, -0.25) is 9.78 Å². The van der Waals surface area contributed by atoms with Crippen molar-refractivity contribution in [3.8, 4) is 0 Å². The van der Waals surface area contributed by atoms with Gasteiger partial charge in [0.1, 0.15) is 5.60 Å². The molecule has 1 saturated carbocycles. The van der Waals surface area contributed by atoms with E-state index in [1.165, 1.54) is 6.07 Å². The van der Waals surface area contributed by atoms with Gasteiger partial charge in [0.2, 0.25) is 0 Å². The molecule has 3 N–H and O–H groups in total. The summed E-state index contributed by atoms with van der Waals surface area (Å²) in [6.07, 6.45) is 0.0647. The van der Waals surface area contributed by atoms with Crippen LogP contribution in [0.1, 0.15) is 42.5 Å². The van der Waals surface area contributed by atoms with Crippen LogP contribution in [0.2, 0.25) is 0 Å². The summed E-state index contributed by atoms with van der Waals surface area (Å²) in [6.45, 7) is 3.05. The first-order chi connectivity index (χ1) is 17.6. The van der Waals surface area contributed by atoms with Crippen LogP contribution in [0.3, 0.4) is 0 Å². The molecule has 0 unspecified atom stereocenters. The number of aromatic nitrogens is 1. The number of benzene rings is 1. The van der Waals surface area contributed by atoms with E-state index in [0.29, 0.717) is 30.8 Å². The van der Waals surface area contributed by atoms with Gasteiger partial charge < -0.3 is 25.6 Å². The third-order valence-electron chi connectivity index (χ3n) is 7.46. The minimum atomic E-state index is -4.44. The SMILES string of the molecule is NC(=O)Nc1cccc(CCN2CCC3(CC2)CN(Cc2ccc(C(F)(F)F)cn2)C(=O)C2(CC2)O3)c1. The third-order valence-corrected chi connectivity index (χ3v) is 7.46. The predicted octanol–water partition coefficient (Wildman–Crippen LogP) is 3.56. The van der Waals surface area contributed by atoms with Crippen LogP contribution in [0, 0.1) is 0 Å². The molecule has 2 saturated heterocycles. The van der Waals surface area contributed by atoms with Crippen LogP contribution >= 0.6 is 0 Å². The summed E-state index contributed by atoms with van der Waals surface area (Å²) in [7, 11) is 0. The lowest BCUT2D eigenvalue weighted by molar-refractivity contribution is -0.201. The lowest BCUT2D eigenvalue weighted by Gasteiger charge is -2.50. The van der Waals surface area contributed by atoms with Crippen molar-refractivity contribution in [2.24, 2.45) is 5.73 Å². The fraction of sp³-hybridized carbons (Fsp3) is 0.500. The van der Waals surface area contributed by atoms with Gasteiger partial charge in [0.05, 0.1) is 29.9 Å². The minimum Gasteiger partial charge on any atom is -0.357 e. The van der Waals surface area contributed by atoms with E-state index >= 15 is 0 Å². The van der Waals surface area contributed by atoms with E-state index in [0.717, 1.165) is 56.7 Å². The van der Waals surface area contributed by atoms with E-state index in [-0.39, 0.29) is 12.5 Å². The maximum absolute atomic E-state index is 13.1. The first-order valence-electron chi connectivity index (χ1n) is 12.5. The topological polar surface area (TPSA) is 101 Å². The van der Waals surface area contributed by atoms with Gasteiger partial charge in [0.25, 0.3) is 5.91 Å². The third kappa shape index (κ3) is 5.72. The zero-order chi connectivity index (χ0) is 26.3. The summed E-state index contributed by atoms with van der Waals surface area (Å²) in [6, 6.07) is 9.35. The number of amides is 3. The lowest BCUT2D eigenvalue weighted by Crippen LogP contribution is -2.62. The number of halogens is 3. The van der Waals surface area contributed by atoms with Crippen molar-refractivity contribution < 1.29 is 27.5 Å². The summed E-state index contributed by atoms with van der Waals surface area (Å²) >= 11 is 0. The molecule has 0 bridgehead atoms. The number of carbonyl (C=O) groups is 2. The number of hydrogen-bond donors (Lipinski definition) is 2. The van der Waals surface area contributed by atoms with Gasteiger partial charge in [-0.05, 0) is 61.9 Å². The van der Waals surface area contributed by atoms with Gasteiger partial charge in [-0.1, -0.05) is 12.1 Å². The van der Waals surface area contributed by atoms with E-state index in [1.807, 2.05) is 18.2 Å². The Morgan fingerprint density at radius 1 is 1.14 bits per heavy atom. The van der Waals surface area contributed by atoms with Crippen LogP contribution in [0.15, 0.2) is 42.6 Å². The summed E-state index contributed by atoms with van der Waals surface area (Å²) in [5.41, 5.74) is 5.34. The maximum Gasteiger partial charge on any atom is 0.417 e. The number of ether oxygens (including phenoxy) is 1. The Hall–Kier alpha value is -3.18. The molecule has 37 heavy (non-hydrogen) atoms. The van der Waals surface area contributed by atoms with Crippen molar-refractivity contribution in [3.05, 3.63) is 59.4 Å². The molecular formula is C26H30F3N5O3. The summed E-state index contributed by atoms with van der Waals surface area (Å²) < 4.78 is 45.2. The number of primary amides is 1. The van der Waals surface area contributed by atoms with Crippen LogP contribution in [0.4, 0.5) is 23.7 Å². The van der Waals surface area contributed by atoms with Gasteiger partial charge in [-0.15, -0.1) is 0 Å². The van der Waals surface area contributed by atoms with E-state index < -0.39 is 29.0 Å². The van der Waals surface area contributed by atoms with Crippen LogP contribution in [0.25, 0.3) is 0 Å². The lowest BCUT2D eigenvalue weighted by atomic mass is 9.87. The highest BCUT2D eigenvalue weighted by Gasteiger charge is 2.61. The second kappa shape index (κ2) is 9.60. The van der Waals surface area contributed by atoms with Crippen molar-refractivity contribution >= 4 is 17.6 Å². The van der Waals surface area contributed by atoms with Crippen molar-refractivity contribution in [2.45, 2.75) is 56.0 Å². The smallest absolute Gasteiger partial charge is 0.357 e. The molecule has 3 fully saturated rings. The first-order valence-corrected chi connectivity index (χ1v) is 12.5. The van der Waals surface area contributed by atoms with Crippen molar-refractivity contribution in [3.63, 3.8) is 0 Å². The Labute approximate surface area is 213 Å². The predicted molar refractivity (Wildman–Crippen MR) is 129 cm³/mol. The molecule has 2 aromatic rings. The monoisotopic (exact) mass is 517 g/mol. The molecule has 3 heterocycles. The van der Waals surface area contributed by atoms with E-state index in [1.54, 1.807) is 11.0 Å². The summed E-state index contributed by atoms with van der Waals surface area (Å²) in [5.74, 6) is -0.0910. The molecule has 11 heteroatoms. The highest BCUT2D eigenvalue weighted by molar-refractivity contribution is 5.89. The van der Waals surface area contributed by atoms with Crippen molar-refractivity contribution in [1.29, 1.82) is 0 Å². The fourth-order valence-electron chi connectivity index (χ4n) is 5.31. The molecule has 198 valence electrons. The molecule has 1 aliphatic carbocycles. The average molecular weight is 518 g/mol. The number of likely N-dealkylation sites (tertiary alicyclic amines) is 1. The number of anilines is 1. The van der Waals surface area contributed by atoms with Gasteiger partial charge in [0.15, 0.2) is 0 Å². The van der Waals surface area contributed by atoms with Crippen LogP contribution in [-0.2, 0) is 28.7 Å². The zero-order valence-corrected chi connectivity index (χ0v) is 20.4. The number of rotatable bonds is 6. The number of carbonyl (C=O) groups excluding carboxylic acids is 2. The number of piperidine rings is 1. The number of nitrogens with zero attached hydrogens (tertiary/aromatic N) is 3. The Morgan fingerprint density at radius 2 is 1.89 bits per heavy atom. The summed E-state index contributed by atoms with van der Waals surface area (Å²) in [5, 5.41) is 2.59. The molecule has 8 nitrogen and oxygen atoms in total. The van der Waals surface area contributed by atoms with Crippen molar-refractivity contribution in [1.82, 2.24) is 14.8 Å². The molecule has 0 atom stereocenters. The Balaban J connectivity index is 1.19. The van der Waals surface area contributed by atoms with Gasteiger partial charge >= 0.3 is 12.2 Å². The maximum atomic E-state index is 13.1. The minimum absolute atomic E-state index is 0.0910. The van der Waals surface area contributed by atoms with Crippen molar-refractivity contribution in [2.75, 3.05) is 31.5 Å². The van der Waals surface area contributed by atoms with E-state index in [9.17, 15) is 22.8 Å². The Bertz CT molecular complexity index is 1160. The van der Waals surface area contributed by atoms with Gasteiger partial charge in [-0.25, -0.2) is 4.79 Å².